The number of carboxylic acids is 1. The van der Waals surface area contributed by atoms with Crippen molar-refractivity contribution >= 4 is 17.4 Å². The predicted octanol–water partition coefficient (Wildman–Crippen LogP) is 1.81. The lowest BCUT2D eigenvalue weighted by atomic mass is 10.1. The SMILES string of the molecule is CC(C)CCNc1ccc2nc(CC(=O)O)cn2n1. The topological polar surface area (TPSA) is 79.5 Å². The molecule has 2 aromatic heterocycles. The number of aromatic nitrogens is 3. The summed E-state index contributed by atoms with van der Waals surface area (Å²) in [6.07, 6.45) is 2.64. The predicted molar refractivity (Wildman–Crippen MR) is 72.3 cm³/mol. The van der Waals surface area contributed by atoms with E-state index in [-0.39, 0.29) is 6.42 Å². The van der Waals surface area contributed by atoms with Crippen LogP contribution in [-0.2, 0) is 11.2 Å². The molecule has 0 unspecified atom stereocenters. The van der Waals surface area contributed by atoms with Crippen molar-refractivity contribution < 1.29 is 9.90 Å². The summed E-state index contributed by atoms with van der Waals surface area (Å²) in [6, 6.07) is 3.68. The van der Waals surface area contributed by atoms with E-state index in [0.717, 1.165) is 18.8 Å². The van der Waals surface area contributed by atoms with Crippen LogP contribution >= 0.6 is 0 Å². The Hall–Kier alpha value is -2.11. The van der Waals surface area contributed by atoms with Crippen LogP contribution in [0.25, 0.3) is 5.65 Å². The maximum atomic E-state index is 10.6. The second-order valence-electron chi connectivity index (χ2n) is 4.93. The quantitative estimate of drug-likeness (QED) is 0.830. The van der Waals surface area contributed by atoms with Gasteiger partial charge in [-0.3, -0.25) is 4.79 Å². The van der Waals surface area contributed by atoms with Crippen molar-refractivity contribution in [1.29, 1.82) is 0 Å². The number of rotatable bonds is 6. The Morgan fingerprint density at radius 3 is 2.95 bits per heavy atom. The molecule has 2 aromatic rings. The molecule has 0 aliphatic rings. The highest BCUT2D eigenvalue weighted by Gasteiger charge is 2.07. The number of imidazole rings is 1. The fourth-order valence-electron chi connectivity index (χ4n) is 1.75. The molecule has 102 valence electrons. The molecular weight excluding hydrogens is 244 g/mol. The van der Waals surface area contributed by atoms with E-state index in [2.05, 4.69) is 29.2 Å². The maximum Gasteiger partial charge on any atom is 0.309 e. The van der Waals surface area contributed by atoms with Crippen LogP contribution in [0.15, 0.2) is 18.3 Å². The average molecular weight is 262 g/mol. The van der Waals surface area contributed by atoms with Gasteiger partial charge in [0.05, 0.1) is 18.3 Å². The fourth-order valence-corrected chi connectivity index (χ4v) is 1.75. The highest BCUT2D eigenvalue weighted by Crippen LogP contribution is 2.09. The summed E-state index contributed by atoms with van der Waals surface area (Å²) < 4.78 is 1.61. The first-order valence-electron chi connectivity index (χ1n) is 6.35. The lowest BCUT2D eigenvalue weighted by Crippen LogP contribution is -2.07. The molecule has 0 amide bonds. The highest BCUT2D eigenvalue weighted by atomic mass is 16.4. The lowest BCUT2D eigenvalue weighted by molar-refractivity contribution is -0.136. The number of hydrogen-bond donors (Lipinski definition) is 2. The van der Waals surface area contributed by atoms with Crippen LogP contribution in [0.1, 0.15) is 26.0 Å². The van der Waals surface area contributed by atoms with Crippen molar-refractivity contribution in [2.24, 2.45) is 5.92 Å². The molecule has 0 fully saturated rings. The summed E-state index contributed by atoms with van der Waals surface area (Å²) in [4.78, 5) is 14.8. The van der Waals surface area contributed by atoms with Crippen LogP contribution in [0, 0.1) is 5.92 Å². The number of carbonyl (C=O) groups is 1. The van der Waals surface area contributed by atoms with Gasteiger partial charge >= 0.3 is 5.97 Å². The molecule has 0 saturated heterocycles. The standard InChI is InChI=1S/C13H18N4O2/c1-9(2)5-6-14-11-3-4-12-15-10(7-13(18)19)8-17(12)16-11/h3-4,8-9H,5-7H2,1-2H3,(H,14,16)(H,18,19). The minimum Gasteiger partial charge on any atom is -0.481 e. The maximum absolute atomic E-state index is 10.6. The van der Waals surface area contributed by atoms with Gasteiger partial charge in [0, 0.05) is 6.54 Å². The molecule has 0 aliphatic heterocycles. The second kappa shape index (κ2) is 5.69. The average Bonchev–Trinajstić information content (AvgIpc) is 2.68. The first-order valence-corrected chi connectivity index (χ1v) is 6.35. The molecule has 6 nitrogen and oxygen atoms in total. The first-order chi connectivity index (χ1) is 9.04. The Kier molecular flexibility index (Phi) is 3.99. The molecule has 0 saturated carbocycles. The number of nitrogens with zero attached hydrogens (tertiary/aromatic N) is 3. The van der Waals surface area contributed by atoms with Gasteiger partial charge in [0.25, 0.3) is 0 Å². The number of hydrogen-bond acceptors (Lipinski definition) is 4. The van der Waals surface area contributed by atoms with E-state index in [1.165, 1.54) is 0 Å². The van der Waals surface area contributed by atoms with Crippen LogP contribution in [0.4, 0.5) is 5.82 Å². The number of fused-ring (bicyclic) bond motifs is 1. The molecule has 0 aliphatic carbocycles. The van der Waals surface area contributed by atoms with E-state index < -0.39 is 5.97 Å². The molecule has 0 radical (unpaired) electrons. The van der Waals surface area contributed by atoms with E-state index in [9.17, 15) is 4.79 Å². The number of nitrogens with one attached hydrogen (secondary N) is 1. The Labute approximate surface area is 111 Å². The molecule has 19 heavy (non-hydrogen) atoms. The summed E-state index contributed by atoms with van der Waals surface area (Å²) >= 11 is 0. The fraction of sp³-hybridized carbons (Fsp3) is 0.462. The summed E-state index contributed by atoms with van der Waals surface area (Å²) in [5, 5.41) is 16.3. The molecule has 6 heteroatoms. The zero-order valence-corrected chi connectivity index (χ0v) is 11.1. The third-order valence-electron chi connectivity index (χ3n) is 2.73. The Morgan fingerprint density at radius 1 is 1.47 bits per heavy atom. The Bertz CT molecular complexity index is 577. The van der Waals surface area contributed by atoms with E-state index in [4.69, 9.17) is 5.11 Å². The normalized spacial score (nSPS) is 11.1. The van der Waals surface area contributed by atoms with Crippen LogP contribution in [0.5, 0.6) is 0 Å². The molecule has 2 N–H and O–H groups in total. The molecule has 2 heterocycles. The van der Waals surface area contributed by atoms with Crippen LogP contribution in [-0.4, -0.2) is 32.2 Å². The van der Waals surface area contributed by atoms with Gasteiger partial charge in [-0.2, -0.15) is 0 Å². The van der Waals surface area contributed by atoms with E-state index in [1.807, 2.05) is 12.1 Å². The van der Waals surface area contributed by atoms with Crippen molar-refractivity contribution in [2.75, 3.05) is 11.9 Å². The van der Waals surface area contributed by atoms with Crippen LogP contribution in [0.3, 0.4) is 0 Å². The molecule has 0 spiro atoms. The monoisotopic (exact) mass is 262 g/mol. The van der Waals surface area contributed by atoms with Gasteiger partial charge in [0.1, 0.15) is 5.82 Å². The van der Waals surface area contributed by atoms with Crippen molar-refractivity contribution in [3.63, 3.8) is 0 Å². The Balaban J connectivity index is 2.09. The molecule has 0 aromatic carbocycles. The van der Waals surface area contributed by atoms with Gasteiger partial charge in [0.2, 0.25) is 0 Å². The molecule has 2 rings (SSSR count). The summed E-state index contributed by atoms with van der Waals surface area (Å²) in [6.45, 7) is 5.21. The van der Waals surface area contributed by atoms with Gasteiger partial charge < -0.3 is 10.4 Å². The third-order valence-corrected chi connectivity index (χ3v) is 2.73. The van der Waals surface area contributed by atoms with Crippen LogP contribution in [0.2, 0.25) is 0 Å². The molecule has 0 atom stereocenters. The number of aliphatic carboxylic acids is 1. The van der Waals surface area contributed by atoms with Crippen molar-refractivity contribution in [2.45, 2.75) is 26.7 Å². The van der Waals surface area contributed by atoms with Gasteiger partial charge in [-0.25, -0.2) is 9.50 Å². The minimum atomic E-state index is -0.890. The van der Waals surface area contributed by atoms with E-state index in [0.29, 0.717) is 17.3 Å². The molecular formula is C13H18N4O2. The van der Waals surface area contributed by atoms with E-state index >= 15 is 0 Å². The van der Waals surface area contributed by atoms with Gasteiger partial charge in [-0.05, 0) is 24.5 Å². The first kappa shape index (κ1) is 13.3. The van der Waals surface area contributed by atoms with Crippen molar-refractivity contribution in [3.8, 4) is 0 Å². The molecule has 0 bridgehead atoms. The summed E-state index contributed by atoms with van der Waals surface area (Å²) in [7, 11) is 0. The highest BCUT2D eigenvalue weighted by molar-refractivity contribution is 5.69. The van der Waals surface area contributed by atoms with Crippen molar-refractivity contribution in [3.05, 3.63) is 24.0 Å². The Morgan fingerprint density at radius 2 is 2.26 bits per heavy atom. The zero-order chi connectivity index (χ0) is 13.8. The summed E-state index contributed by atoms with van der Waals surface area (Å²) in [5.74, 6) is 0.526. The number of anilines is 1. The van der Waals surface area contributed by atoms with Gasteiger partial charge in [0.15, 0.2) is 5.65 Å². The number of carboxylic acid groups (broad SMARTS) is 1. The smallest absolute Gasteiger partial charge is 0.309 e. The van der Waals surface area contributed by atoms with E-state index in [1.54, 1.807) is 10.7 Å². The van der Waals surface area contributed by atoms with Crippen molar-refractivity contribution in [1.82, 2.24) is 14.6 Å². The minimum absolute atomic E-state index is 0.0839. The third kappa shape index (κ3) is 3.67. The largest absolute Gasteiger partial charge is 0.481 e. The van der Waals surface area contributed by atoms with Gasteiger partial charge in [-0.15, -0.1) is 5.10 Å². The van der Waals surface area contributed by atoms with Crippen LogP contribution < -0.4 is 5.32 Å². The second-order valence-corrected chi connectivity index (χ2v) is 4.93. The summed E-state index contributed by atoms with van der Waals surface area (Å²) in [5.41, 5.74) is 1.17. The zero-order valence-electron chi connectivity index (χ0n) is 11.1. The lowest BCUT2D eigenvalue weighted by Gasteiger charge is -2.07. The van der Waals surface area contributed by atoms with Gasteiger partial charge in [-0.1, -0.05) is 13.8 Å².